The normalized spacial score (nSPS) is 12.0. The quantitative estimate of drug-likeness (QED) is 0.504. The Bertz CT molecular complexity index is 888. The molecule has 0 bridgehead atoms. The average molecular weight is 375 g/mol. The van der Waals surface area contributed by atoms with Crippen LogP contribution in [0, 0.1) is 0 Å². The highest BCUT2D eigenvalue weighted by molar-refractivity contribution is 6.76. The van der Waals surface area contributed by atoms with E-state index in [4.69, 9.17) is 22.1 Å². The molecule has 5 nitrogen and oxygen atoms in total. The van der Waals surface area contributed by atoms with Crippen molar-refractivity contribution in [2.75, 3.05) is 12.3 Å². The summed E-state index contributed by atoms with van der Waals surface area (Å²) in [5.74, 6) is 0.480. The molecule has 0 fully saturated rings. The van der Waals surface area contributed by atoms with Gasteiger partial charge in [0.15, 0.2) is 0 Å². The Kier molecular flexibility index (Phi) is 5.13. The molecule has 25 heavy (non-hydrogen) atoms. The van der Waals surface area contributed by atoms with Crippen LogP contribution in [0.15, 0.2) is 36.7 Å². The van der Waals surface area contributed by atoms with E-state index in [-0.39, 0.29) is 0 Å². The van der Waals surface area contributed by atoms with Crippen molar-refractivity contribution in [3.63, 3.8) is 0 Å². The van der Waals surface area contributed by atoms with Crippen LogP contribution < -0.4 is 5.73 Å². The molecule has 7 heteroatoms. The fraction of sp³-hybridized carbons (Fsp3) is 0.333. The molecule has 0 saturated carbocycles. The summed E-state index contributed by atoms with van der Waals surface area (Å²) in [6.45, 7) is 8.20. The molecule has 3 heterocycles. The highest BCUT2D eigenvalue weighted by Crippen LogP contribution is 2.31. The van der Waals surface area contributed by atoms with Crippen molar-refractivity contribution < 1.29 is 4.74 Å². The van der Waals surface area contributed by atoms with Crippen LogP contribution in [0.4, 0.5) is 5.82 Å². The zero-order valence-corrected chi connectivity index (χ0v) is 16.5. The number of nitrogens with zero attached hydrogens (tertiary/aromatic N) is 3. The first-order chi connectivity index (χ1) is 11.8. The van der Waals surface area contributed by atoms with Crippen LogP contribution >= 0.6 is 11.6 Å². The molecule has 3 aromatic heterocycles. The summed E-state index contributed by atoms with van der Waals surface area (Å²) in [4.78, 5) is 8.57. The van der Waals surface area contributed by atoms with Crippen LogP contribution in [-0.2, 0) is 11.5 Å². The van der Waals surface area contributed by atoms with Gasteiger partial charge in [-0.2, -0.15) is 0 Å². The first kappa shape index (κ1) is 17.9. The number of rotatable bonds is 6. The maximum absolute atomic E-state index is 6.36. The smallest absolute Gasteiger partial charge is 0.143 e. The van der Waals surface area contributed by atoms with Gasteiger partial charge in [-0.05, 0) is 30.3 Å². The minimum Gasteiger partial charge on any atom is -0.384 e. The first-order valence-corrected chi connectivity index (χ1v) is 12.4. The number of nitrogens with two attached hydrogens (primary N) is 1. The molecule has 3 aromatic rings. The minimum atomic E-state index is -1.12. The molecule has 0 aliphatic rings. The van der Waals surface area contributed by atoms with Gasteiger partial charge in [0.1, 0.15) is 18.2 Å². The van der Waals surface area contributed by atoms with Crippen molar-refractivity contribution in [3.8, 4) is 11.3 Å². The van der Waals surface area contributed by atoms with Gasteiger partial charge >= 0.3 is 0 Å². The lowest BCUT2D eigenvalue weighted by Gasteiger charge is -2.16. The zero-order valence-electron chi connectivity index (χ0n) is 14.8. The predicted octanol–water partition coefficient (Wildman–Crippen LogP) is 4.65. The largest absolute Gasteiger partial charge is 0.384 e. The molecule has 3 rings (SSSR count). The van der Waals surface area contributed by atoms with E-state index < -0.39 is 8.07 Å². The molecule has 0 unspecified atom stereocenters. The van der Waals surface area contributed by atoms with Gasteiger partial charge in [0.05, 0.1) is 10.7 Å². The first-order valence-electron chi connectivity index (χ1n) is 8.28. The van der Waals surface area contributed by atoms with Crippen molar-refractivity contribution in [2.24, 2.45) is 0 Å². The summed E-state index contributed by atoms with van der Waals surface area (Å²) in [7, 11) is -1.12. The van der Waals surface area contributed by atoms with Gasteiger partial charge in [0.2, 0.25) is 0 Å². The lowest BCUT2D eigenvalue weighted by Crippen LogP contribution is -2.22. The van der Waals surface area contributed by atoms with Crippen LogP contribution in [0.5, 0.6) is 0 Å². The van der Waals surface area contributed by atoms with Crippen molar-refractivity contribution in [1.82, 2.24) is 14.5 Å². The van der Waals surface area contributed by atoms with E-state index in [9.17, 15) is 0 Å². The van der Waals surface area contributed by atoms with Crippen molar-refractivity contribution in [2.45, 2.75) is 32.4 Å². The Hall–Kier alpha value is -1.89. The van der Waals surface area contributed by atoms with Gasteiger partial charge < -0.3 is 15.0 Å². The monoisotopic (exact) mass is 374 g/mol. The number of hydrogen-bond acceptors (Lipinski definition) is 4. The summed E-state index contributed by atoms with van der Waals surface area (Å²) < 4.78 is 8.00. The topological polar surface area (TPSA) is 66.0 Å². The van der Waals surface area contributed by atoms with Gasteiger partial charge in [-0.3, -0.25) is 0 Å². The molecule has 0 spiro atoms. The van der Waals surface area contributed by atoms with Crippen LogP contribution in [0.25, 0.3) is 22.3 Å². The summed E-state index contributed by atoms with van der Waals surface area (Å²) >= 11 is 6.36. The van der Waals surface area contributed by atoms with Gasteiger partial charge in [0.25, 0.3) is 0 Å². The van der Waals surface area contributed by atoms with E-state index in [2.05, 4.69) is 29.6 Å². The van der Waals surface area contributed by atoms with E-state index in [0.29, 0.717) is 17.6 Å². The molecule has 0 saturated heterocycles. The Morgan fingerprint density at radius 2 is 1.92 bits per heavy atom. The lowest BCUT2D eigenvalue weighted by atomic mass is 10.2. The zero-order chi connectivity index (χ0) is 18.0. The van der Waals surface area contributed by atoms with E-state index in [1.807, 2.05) is 22.8 Å². The SMILES string of the molecule is C[Si](C)(C)CCOCn1c(-c2ccnc(N)c2)cc2c(Cl)ccnc21. The number of fused-ring (bicyclic) bond motifs is 1. The Morgan fingerprint density at radius 3 is 2.64 bits per heavy atom. The molecule has 0 radical (unpaired) electrons. The number of aromatic nitrogens is 3. The predicted molar refractivity (Wildman–Crippen MR) is 106 cm³/mol. The van der Waals surface area contributed by atoms with Crippen molar-refractivity contribution in [3.05, 3.63) is 41.7 Å². The van der Waals surface area contributed by atoms with E-state index in [1.54, 1.807) is 18.5 Å². The summed E-state index contributed by atoms with van der Waals surface area (Å²) in [6.07, 6.45) is 3.42. The van der Waals surface area contributed by atoms with E-state index >= 15 is 0 Å². The number of ether oxygens (including phenoxy) is 1. The fourth-order valence-electron chi connectivity index (χ4n) is 2.63. The Balaban J connectivity index is 1.96. The number of halogens is 1. The number of hydrogen-bond donors (Lipinski definition) is 1. The molecule has 2 N–H and O–H groups in total. The minimum absolute atomic E-state index is 0.429. The molecular formula is C18H23ClN4OSi. The highest BCUT2D eigenvalue weighted by Gasteiger charge is 2.16. The molecule has 0 aliphatic carbocycles. The average Bonchev–Trinajstić information content (AvgIpc) is 2.91. The Labute approximate surface area is 153 Å². The van der Waals surface area contributed by atoms with Crippen LogP contribution in [0.3, 0.4) is 0 Å². The maximum Gasteiger partial charge on any atom is 0.143 e. The summed E-state index contributed by atoms with van der Waals surface area (Å²) in [6, 6.07) is 8.72. The number of nitrogen functional groups attached to an aromatic ring is 1. The van der Waals surface area contributed by atoms with Crippen LogP contribution in [0.2, 0.25) is 30.7 Å². The number of pyridine rings is 2. The maximum atomic E-state index is 6.36. The molecule has 0 atom stereocenters. The van der Waals surface area contributed by atoms with E-state index in [0.717, 1.165) is 34.9 Å². The second-order valence-electron chi connectivity index (χ2n) is 7.31. The van der Waals surface area contributed by atoms with Crippen LogP contribution in [0.1, 0.15) is 0 Å². The van der Waals surface area contributed by atoms with Gasteiger partial charge in [-0.15, -0.1) is 0 Å². The second-order valence-corrected chi connectivity index (χ2v) is 13.3. The van der Waals surface area contributed by atoms with Crippen LogP contribution in [-0.4, -0.2) is 29.2 Å². The molecule has 0 aliphatic heterocycles. The number of anilines is 1. The summed E-state index contributed by atoms with van der Waals surface area (Å²) in [5, 5.41) is 1.58. The summed E-state index contributed by atoms with van der Waals surface area (Å²) in [5.41, 5.74) is 8.60. The fourth-order valence-corrected chi connectivity index (χ4v) is 3.58. The third-order valence-electron chi connectivity index (χ3n) is 4.04. The molecule has 0 amide bonds. The Morgan fingerprint density at radius 1 is 1.16 bits per heavy atom. The van der Waals surface area contributed by atoms with Gasteiger partial charge in [0, 0.05) is 38.0 Å². The standard InChI is InChI=1S/C18H23ClN4OSi/c1-25(2,3)9-8-24-12-23-16(13-4-6-21-17(20)10-13)11-14-15(19)5-7-22-18(14)23/h4-7,10-11H,8-9,12H2,1-3H3,(H2,20,21). The van der Waals surface area contributed by atoms with Crippen molar-refractivity contribution >= 4 is 36.5 Å². The third-order valence-corrected chi connectivity index (χ3v) is 6.07. The van der Waals surface area contributed by atoms with Gasteiger partial charge in [-0.1, -0.05) is 31.2 Å². The second kappa shape index (κ2) is 7.15. The van der Waals surface area contributed by atoms with Crippen molar-refractivity contribution in [1.29, 1.82) is 0 Å². The van der Waals surface area contributed by atoms with Gasteiger partial charge in [-0.25, -0.2) is 9.97 Å². The third kappa shape index (κ3) is 4.20. The molecule has 132 valence electrons. The molecule has 0 aromatic carbocycles. The van der Waals surface area contributed by atoms with E-state index in [1.165, 1.54) is 0 Å². The lowest BCUT2D eigenvalue weighted by molar-refractivity contribution is 0.0909. The molecular weight excluding hydrogens is 352 g/mol. The highest BCUT2D eigenvalue weighted by atomic mass is 35.5.